The van der Waals surface area contributed by atoms with Gasteiger partial charge in [-0.3, -0.25) is 0 Å². The first kappa shape index (κ1) is 14.2. The lowest BCUT2D eigenvalue weighted by Crippen LogP contribution is -2.32. The predicted molar refractivity (Wildman–Crippen MR) is 88.9 cm³/mol. The molecule has 4 heteroatoms. The van der Waals surface area contributed by atoms with E-state index in [9.17, 15) is 4.39 Å². The molecule has 1 unspecified atom stereocenters. The summed E-state index contributed by atoms with van der Waals surface area (Å²) in [5.74, 6) is -0.462. The fourth-order valence-corrected chi connectivity index (χ4v) is 3.69. The van der Waals surface area contributed by atoms with Crippen LogP contribution in [0.3, 0.4) is 0 Å². The van der Waals surface area contributed by atoms with Gasteiger partial charge < -0.3 is 10.2 Å². The van der Waals surface area contributed by atoms with Gasteiger partial charge in [0.25, 0.3) is 0 Å². The van der Waals surface area contributed by atoms with Crippen molar-refractivity contribution in [1.82, 2.24) is 5.32 Å². The van der Waals surface area contributed by atoms with Crippen molar-refractivity contribution < 1.29 is 4.39 Å². The molecule has 1 N–H and O–H groups in total. The number of fused-ring (bicyclic) bond motifs is 3. The Morgan fingerprint density at radius 2 is 1.96 bits per heavy atom. The molecule has 2 heterocycles. The molecule has 0 aliphatic carbocycles. The molecule has 0 saturated carbocycles. The highest BCUT2D eigenvalue weighted by Crippen LogP contribution is 2.37. The van der Waals surface area contributed by atoms with Crippen molar-refractivity contribution in [3.05, 3.63) is 53.3 Å². The summed E-state index contributed by atoms with van der Waals surface area (Å²) in [6.45, 7) is 3.11. The lowest BCUT2D eigenvalue weighted by atomic mass is 10.00. The van der Waals surface area contributed by atoms with Crippen LogP contribution in [0.15, 0.2) is 36.4 Å². The van der Waals surface area contributed by atoms with Gasteiger partial charge in [0, 0.05) is 24.8 Å². The highest BCUT2D eigenvalue weighted by molar-refractivity contribution is 5.73. The Bertz CT molecular complexity index is 794. The SMILES string of the molecule is N#Cc1cc(-c2ccc3c(c2)N2CCNCCC2C3)ccc1F. The molecule has 1 fully saturated rings. The Morgan fingerprint density at radius 1 is 1.13 bits per heavy atom. The minimum atomic E-state index is -0.462. The van der Waals surface area contributed by atoms with Gasteiger partial charge in [-0.1, -0.05) is 18.2 Å². The molecule has 0 bridgehead atoms. The quantitative estimate of drug-likeness (QED) is 0.880. The van der Waals surface area contributed by atoms with E-state index in [4.69, 9.17) is 5.26 Å². The lowest BCUT2D eigenvalue weighted by molar-refractivity contribution is 0.612. The maximum absolute atomic E-state index is 13.5. The first-order chi connectivity index (χ1) is 11.3. The molecule has 1 saturated heterocycles. The Labute approximate surface area is 135 Å². The second kappa shape index (κ2) is 5.68. The zero-order chi connectivity index (χ0) is 15.8. The summed E-state index contributed by atoms with van der Waals surface area (Å²) in [5, 5.41) is 12.5. The Kier molecular flexibility index (Phi) is 3.51. The van der Waals surface area contributed by atoms with Crippen molar-refractivity contribution in [2.75, 3.05) is 24.5 Å². The number of hydrogen-bond acceptors (Lipinski definition) is 3. The molecule has 2 aliphatic heterocycles. The maximum Gasteiger partial charge on any atom is 0.140 e. The van der Waals surface area contributed by atoms with Gasteiger partial charge in [0.05, 0.1) is 5.56 Å². The topological polar surface area (TPSA) is 39.1 Å². The van der Waals surface area contributed by atoms with Crippen LogP contribution in [0.5, 0.6) is 0 Å². The summed E-state index contributed by atoms with van der Waals surface area (Å²) in [6, 6.07) is 13.7. The second-order valence-electron chi connectivity index (χ2n) is 6.24. The van der Waals surface area contributed by atoms with Crippen LogP contribution in [0.25, 0.3) is 11.1 Å². The summed E-state index contributed by atoms with van der Waals surface area (Å²) >= 11 is 0. The standard InChI is InChI=1S/C19H18FN3/c20-18-4-3-13(9-16(18)12-21)14-1-2-15-10-17-5-6-22-7-8-23(17)19(15)11-14/h1-4,9,11,17,22H,5-8,10H2. The maximum atomic E-state index is 13.5. The summed E-state index contributed by atoms with van der Waals surface area (Å²) in [7, 11) is 0. The number of rotatable bonds is 1. The Morgan fingerprint density at radius 3 is 2.83 bits per heavy atom. The predicted octanol–water partition coefficient (Wildman–Crippen LogP) is 3.09. The number of nitrogens with one attached hydrogen (secondary N) is 1. The van der Waals surface area contributed by atoms with Crippen LogP contribution in [0.1, 0.15) is 17.5 Å². The van der Waals surface area contributed by atoms with Crippen molar-refractivity contribution in [3.8, 4) is 17.2 Å². The molecule has 2 aliphatic rings. The minimum Gasteiger partial charge on any atom is -0.367 e. The van der Waals surface area contributed by atoms with Gasteiger partial charge in [0.2, 0.25) is 0 Å². The first-order valence-corrected chi connectivity index (χ1v) is 8.06. The number of anilines is 1. The second-order valence-corrected chi connectivity index (χ2v) is 6.24. The lowest BCUT2D eigenvalue weighted by Gasteiger charge is -2.24. The summed E-state index contributed by atoms with van der Waals surface area (Å²) in [4.78, 5) is 2.49. The van der Waals surface area contributed by atoms with Gasteiger partial charge >= 0.3 is 0 Å². The van der Waals surface area contributed by atoms with Gasteiger partial charge in [-0.05, 0) is 54.3 Å². The molecule has 1 atom stereocenters. The third-order valence-electron chi connectivity index (χ3n) is 4.90. The Balaban J connectivity index is 1.73. The van der Waals surface area contributed by atoms with Gasteiger partial charge in [0.15, 0.2) is 0 Å². The van der Waals surface area contributed by atoms with Crippen LogP contribution in [0.2, 0.25) is 0 Å². The number of nitriles is 1. The van der Waals surface area contributed by atoms with Gasteiger partial charge in [-0.25, -0.2) is 4.39 Å². The number of benzene rings is 2. The van der Waals surface area contributed by atoms with E-state index in [0.29, 0.717) is 6.04 Å². The van der Waals surface area contributed by atoms with E-state index in [-0.39, 0.29) is 5.56 Å². The van der Waals surface area contributed by atoms with Crippen LogP contribution in [0.4, 0.5) is 10.1 Å². The summed E-state index contributed by atoms with van der Waals surface area (Å²) < 4.78 is 13.5. The van der Waals surface area contributed by atoms with Crippen molar-refractivity contribution >= 4 is 5.69 Å². The molecule has 2 aromatic rings. The summed E-state index contributed by atoms with van der Waals surface area (Å²) in [6.07, 6.45) is 2.27. The first-order valence-electron chi connectivity index (χ1n) is 8.06. The smallest absolute Gasteiger partial charge is 0.140 e. The van der Waals surface area contributed by atoms with Crippen molar-refractivity contribution in [1.29, 1.82) is 5.26 Å². The molecule has 4 rings (SSSR count). The highest BCUT2D eigenvalue weighted by atomic mass is 19.1. The van der Waals surface area contributed by atoms with E-state index in [1.165, 1.54) is 23.7 Å². The van der Waals surface area contributed by atoms with Crippen LogP contribution >= 0.6 is 0 Å². The van der Waals surface area contributed by atoms with E-state index < -0.39 is 5.82 Å². The van der Waals surface area contributed by atoms with Gasteiger partial charge in [-0.15, -0.1) is 0 Å². The minimum absolute atomic E-state index is 0.0971. The average Bonchev–Trinajstić information content (AvgIpc) is 2.76. The molecule has 0 radical (unpaired) electrons. The van der Waals surface area contributed by atoms with Crippen molar-refractivity contribution in [2.24, 2.45) is 0 Å². The zero-order valence-corrected chi connectivity index (χ0v) is 12.8. The Hall–Kier alpha value is -2.38. The average molecular weight is 307 g/mol. The molecular formula is C19H18FN3. The molecule has 116 valence electrons. The van der Waals surface area contributed by atoms with E-state index >= 15 is 0 Å². The van der Waals surface area contributed by atoms with Crippen molar-refractivity contribution in [3.63, 3.8) is 0 Å². The number of nitrogens with zero attached hydrogens (tertiary/aromatic N) is 2. The fraction of sp³-hybridized carbons (Fsp3) is 0.316. The third-order valence-corrected chi connectivity index (χ3v) is 4.90. The molecule has 0 spiro atoms. The number of halogens is 1. The van der Waals surface area contributed by atoms with Crippen LogP contribution in [-0.2, 0) is 6.42 Å². The van der Waals surface area contributed by atoms with E-state index in [1.807, 2.05) is 6.07 Å². The van der Waals surface area contributed by atoms with Crippen LogP contribution in [-0.4, -0.2) is 25.7 Å². The fourth-order valence-electron chi connectivity index (χ4n) is 3.69. The summed E-state index contributed by atoms with van der Waals surface area (Å²) in [5.41, 5.74) is 4.71. The number of hydrogen-bond donors (Lipinski definition) is 1. The van der Waals surface area contributed by atoms with E-state index in [2.05, 4.69) is 28.4 Å². The molecule has 0 amide bonds. The van der Waals surface area contributed by atoms with Crippen molar-refractivity contribution in [2.45, 2.75) is 18.9 Å². The molecule has 0 aromatic heterocycles. The van der Waals surface area contributed by atoms with Crippen LogP contribution < -0.4 is 10.2 Å². The van der Waals surface area contributed by atoms with Crippen LogP contribution in [0, 0.1) is 17.1 Å². The van der Waals surface area contributed by atoms with Gasteiger partial charge in [0.1, 0.15) is 11.9 Å². The monoisotopic (exact) mass is 307 g/mol. The largest absolute Gasteiger partial charge is 0.367 e. The zero-order valence-electron chi connectivity index (χ0n) is 12.8. The van der Waals surface area contributed by atoms with E-state index in [1.54, 1.807) is 12.1 Å². The molecule has 3 nitrogen and oxygen atoms in total. The van der Waals surface area contributed by atoms with Gasteiger partial charge in [-0.2, -0.15) is 5.26 Å². The highest BCUT2D eigenvalue weighted by Gasteiger charge is 2.30. The third kappa shape index (κ3) is 2.47. The molecule has 23 heavy (non-hydrogen) atoms. The molecule has 2 aromatic carbocycles. The molecular weight excluding hydrogens is 289 g/mol. The van der Waals surface area contributed by atoms with E-state index in [0.717, 1.165) is 37.2 Å². The normalized spacial score (nSPS) is 19.7.